The molecule has 4 nitrogen and oxygen atoms in total. The molecule has 0 aromatic heterocycles. The molecule has 1 unspecified atom stereocenters. The summed E-state index contributed by atoms with van der Waals surface area (Å²) in [6, 6.07) is 16.2. The number of para-hydroxylation sites is 1. The van der Waals surface area contributed by atoms with Crippen molar-refractivity contribution in [1.29, 1.82) is 0 Å². The van der Waals surface area contributed by atoms with Crippen LogP contribution in [-0.4, -0.2) is 10.0 Å². The summed E-state index contributed by atoms with van der Waals surface area (Å²) < 4.78 is 0. The van der Waals surface area contributed by atoms with E-state index in [9.17, 15) is 15.2 Å². The second-order valence-corrected chi connectivity index (χ2v) is 4.70. The number of aliphatic hydroxyl groups excluding tert-OH is 1. The maximum atomic E-state index is 10.9. The molecule has 2 aromatic carbocycles. The highest BCUT2D eigenvalue weighted by molar-refractivity contribution is 5.39. The maximum absolute atomic E-state index is 10.9. The van der Waals surface area contributed by atoms with Crippen LogP contribution in [0.4, 0.5) is 5.69 Å². The molecule has 0 heterocycles. The lowest BCUT2D eigenvalue weighted by Gasteiger charge is -2.10. The summed E-state index contributed by atoms with van der Waals surface area (Å²) in [7, 11) is 0. The Hall–Kier alpha value is -2.20. The fourth-order valence-electron chi connectivity index (χ4n) is 2.23. The fourth-order valence-corrected chi connectivity index (χ4v) is 2.23. The van der Waals surface area contributed by atoms with E-state index in [1.165, 1.54) is 6.07 Å². The van der Waals surface area contributed by atoms with Crippen LogP contribution in [0.3, 0.4) is 0 Å². The number of aryl methyl sites for hydroxylation is 1. The molecule has 0 aliphatic rings. The molecule has 1 N–H and O–H groups in total. The Bertz CT molecular complexity index is 569. The number of nitro benzene ring substituents is 1. The van der Waals surface area contributed by atoms with Gasteiger partial charge >= 0.3 is 0 Å². The van der Waals surface area contributed by atoms with Gasteiger partial charge in [0.15, 0.2) is 0 Å². The molecule has 0 radical (unpaired) electrons. The van der Waals surface area contributed by atoms with Crippen LogP contribution in [0.1, 0.15) is 30.1 Å². The smallest absolute Gasteiger partial charge is 0.272 e. The summed E-state index contributed by atoms with van der Waals surface area (Å²) in [5, 5.41) is 20.9. The molecule has 2 rings (SSSR count). The molecule has 0 saturated heterocycles. The molecule has 0 aliphatic carbocycles. The summed E-state index contributed by atoms with van der Waals surface area (Å²) in [6.07, 6.45) is 1.39. The highest BCUT2D eigenvalue weighted by atomic mass is 16.6. The van der Waals surface area contributed by atoms with Crippen molar-refractivity contribution in [2.45, 2.75) is 25.4 Å². The topological polar surface area (TPSA) is 63.4 Å². The van der Waals surface area contributed by atoms with Crippen molar-refractivity contribution in [3.05, 3.63) is 75.8 Å². The van der Waals surface area contributed by atoms with Crippen molar-refractivity contribution in [2.75, 3.05) is 0 Å². The zero-order valence-electron chi connectivity index (χ0n) is 11.1. The van der Waals surface area contributed by atoms with Crippen LogP contribution in [0.15, 0.2) is 54.6 Å². The van der Waals surface area contributed by atoms with Crippen molar-refractivity contribution in [1.82, 2.24) is 0 Å². The maximum Gasteiger partial charge on any atom is 0.272 e. The molecule has 0 spiro atoms. The largest absolute Gasteiger partial charge is 0.388 e. The lowest BCUT2D eigenvalue weighted by atomic mass is 10.0. The quantitative estimate of drug-likeness (QED) is 0.644. The zero-order chi connectivity index (χ0) is 14.4. The minimum atomic E-state index is -0.515. The SMILES string of the molecule is O=[N+]([O-])c1ccccc1CCCC(O)c1ccccc1. The van der Waals surface area contributed by atoms with Crippen molar-refractivity contribution >= 4 is 5.69 Å². The van der Waals surface area contributed by atoms with Crippen LogP contribution < -0.4 is 0 Å². The van der Waals surface area contributed by atoms with Crippen LogP contribution in [0.5, 0.6) is 0 Å². The summed E-state index contributed by atoms with van der Waals surface area (Å²) in [5.41, 5.74) is 1.76. The van der Waals surface area contributed by atoms with E-state index in [1.807, 2.05) is 30.3 Å². The average Bonchev–Trinajstić information content (AvgIpc) is 2.48. The number of aliphatic hydroxyl groups is 1. The van der Waals surface area contributed by atoms with Crippen LogP contribution in [0.25, 0.3) is 0 Å². The van der Waals surface area contributed by atoms with Gasteiger partial charge in [-0.2, -0.15) is 0 Å². The molecule has 0 bridgehead atoms. The van der Waals surface area contributed by atoms with Gasteiger partial charge in [0.25, 0.3) is 5.69 Å². The van der Waals surface area contributed by atoms with Crippen molar-refractivity contribution in [2.24, 2.45) is 0 Å². The first-order valence-corrected chi connectivity index (χ1v) is 6.64. The highest BCUT2D eigenvalue weighted by Crippen LogP contribution is 2.23. The van der Waals surface area contributed by atoms with Gasteiger partial charge in [-0.25, -0.2) is 0 Å². The molecular formula is C16H17NO3. The number of hydrogen-bond acceptors (Lipinski definition) is 3. The predicted octanol–water partition coefficient (Wildman–Crippen LogP) is 3.65. The van der Waals surface area contributed by atoms with Gasteiger partial charge in [0.2, 0.25) is 0 Å². The number of hydrogen-bond donors (Lipinski definition) is 1. The van der Waals surface area contributed by atoms with Crippen molar-refractivity contribution in [3.63, 3.8) is 0 Å². The molecule has 0 saturated carbocycles. The number of rotatable bonds is 6. The lowest BCUT2D eigenvalue weighted by molar-refractivity contribution is -0.385. The van der Waals surface area contributed by atoms with E-state index in [-0.39, 0.29) is 10.6 Å². The second-order valence-electron chi connectivity index (χ2n) is 4.70. The third-order valence-corrected chi connectivity index (χ3v) is 3.30. The van der Waals surface area contributed by atoms with Gasteiger partial charge in [0.1, 0.15) is 0 Å². The number of nitro groups is 1. The van der Waals surface area contributed by atoms with Gasteiger partial charge in [0, 0.05) is 11.6 Å². The molecular weight excluding hydrogens is 254 g/mol. The Morgan fingerprint density at radius 3 is 2.40 bits per heavy atom. The summed E-state index contributed by atoms with van der Waals surface area (Å²) in [6.45, 7) is 0. The predicted molar refractivity (Wildman–Crippen MR) is 77.4 cm³/mol. The van der Waals surface area contributed by atoms with E-state index in [2.05, 4.69) is 0 Å². The Labute approximate surface area is 117 Å². The summed E-state index contributed by atoms with van der Waals surface area (Å²) in [5.74, 6) is 0. The van der Waals surface area contributed by atoms with E-state index in [4.69, 9.17) is 0 Å². The molecule has 104 valence electrons. The van der Waals surface area contributed by atoms with Gasteiger partial charge in [-0.05, 0) is 24.8 Å². The zero-order valence-corrected chi connectivity index (χ0v) is 11.1. The Morgan fingerprint density at radius 2 is 1.70 bits per heavy atom. The Balaban J connectivity index is 1.92. The first-order valence-electron chi connectivity index (χ1n) is 6.64. The van der Waals surface area contributed by atoms with E-state index < -0.39 is 6.10 Å². The molecule has 0 fully saturated rings. The number of nitrogens with zero attached hydrogens (tertiary/aromatic N) is 1. The monoisotopic (exact) mass is 271 g/mol. The average molecular weight is 271 g/mol. The van der Waals surface area contributed by atoms with E-state index in [0.29, 0.717) is 19.3 Å². The molecule has 0 amide bonds. The number of benzene rings is 2. The molecule has 20 heavy (non-hydrogen) atoms. The minimum Gasteiger partial charge on any atom is -0.388 e. The fraction of sp³-hybridized carbons (Fsp3) is 0.250. The van der Waals surface area contributed by atoms with E-state index in [0.717, 1.165) is 11.1 Å². The van der Waals surface area contributed by atoms with Gasteiger partial charge in [-0.15, -0.1) is 0 Å². The molecule has 2 aromatic rings. The Morgan fingerprint density at radius 1 is 1.05 bits per heavy atom. The van der Waals surface area contributed by atoms with Crippen LogP contribution in [0, 0.1) is 10.1 Å². The normalized spacial score (nSPS) is 12.1. The van der Waals surface area contributed by atoms with E-state index >= 15 is 0 Å². The van der Waals surface area contributed by atoms with Crippen LogP contribution in [-0.2, 0) is 6.42 Å². The minimum absolute atomic E-state index is 0.154. The lowest BCUT2D eigenvalue weighted by Crippen LogP contribution is -2.00. The highest BCUT2D eigenvalue weighted by Gasteiger charge is 2.13. The summed E-state index contributed by atoms with van der Waals surface area (Å²) in [4.78, 5) is 10.5. The van der Waals surface area contributed by atoms with Crippen molar-refractivity contribution in [3.8, 4) is 0 Å². The van der Waals surface area contributed by atoms with Crippen LogP contribution >= 0.6 is 0 Å². The van der Waals surface area contributed by atoms with Gasteiger partial charge < -0.3 is 5.11 Å². The van der Waals surface area contributed by atoms with Crippen molar-refractivity contribution < 1.29 is 10.0 Å². The Kier molecular flexibility index (Phi) is 4.85. The van der Waals surface area contributed by atoms with Crippen LogP contribution in [0.2, 0.25) is 0 Å². The van der Waals surface area contributed by atoms with Gasteiger partial charge in [-0.1, -0.05) is 48.5 Å². The molecule has 0 aliphatic heterocycles. The standard InChI is InChI=1S/C16H17NO3/c18-16(14-8-2-1-3-9-14)12-6-10-13-7-4-5-11-15(13)17(19)20/h1-5,7-9,11,16,18H,6,10,12H2. The second kappa shape index (κ2) is 6.82. The van der Waals surface area contributed by atoms with Gasteiger partial charge in [0.05, 0.1) is 11.0 Å². The molecule has 4 heteroatoms. The first-order chi connectivity index (χ1) is 9.68. The summed E-state index contributed by atoms with van der Waals surface area (Å²) >= 11 is 0. The molecule has 1 atom stereocenters. The third-order valence-electron chi connectivity index (χ3n) is 3.30. The van der Waals surface area contributed by atoms with Gasteiger partial charge in [-0.3, -0.25) is 10.1 Å². The van der Waals surface area contributed by atoms with E-state index in [1.54, 1.807) is 18.2 Å². The first kappa shape index (κ1) is 14.2. The third kappa shape index (κ3) is 3.65.